The first kappa shape index (κ1) is 14.9. The molecule has 0 unspecified atom stereocenters. The zero-order chi connectivity index (χ0) is 14.7. The van der Waals surface area contributed by atoms with Crippen molar-refractivity contribution in [3.63, 3.8) is 0 Å². The summed E-state index contributed by atoms with van der Waals surface area (Å²) < 4.78 is 4.94. The molecule has 1 N–H and O–H groups in total. The molecule has 0 amide bonds. The fraction of sp³-hybridized carbons (Fsp3) is 0.286. The number of thioether (sulfide) groups is 1. The van der Waals surface area contributed by atoms with Crippen molar-refractivity contribution in [2.45, 2.75) is 13.8 Å². The van der Waals surface area contributed by atoms with Crippen molar-refractivity contribution >= 4 is 40.1 Å². The Kier molecular flexibility index (Phi) is 4.73. The van der Waals surface area contributed by atoms with E-state index in [2.05, 4.69) is 4.99 Å². The number of rotatable bonds is 3. The number of carbonyl (C=O) groups is 1. The topological polar surface area (TPSA) is 58.9 Å². The van der Waals surface area contributed by atoms with E-state index < -0.39 is 5.97 Å². The lowest BCUT2D eigenvalue weighted by Crippen LogP contribution is -2.13. The van der Waals surface area contributed by atoms with Gasteiger partial charge in [-0.25, -0.2) is 9.79 Å². The molecular formula is C14H14ClNO3S. The number of aliphatic hydroxyl groups is 1. The number of benzene rings is 1. The molecule has 4 nitrogen and oxygen atoms in total. The van der Waals surface area contributed by atoms with Crippen LogP contribution in [0.25, 0.3) is 0 Å². The third-order valence-electron chi connectivity index (χ3n) is 2.79. The number of carbonyl (C=O) groups excluding carboxylic acids is 1. The Morgan fingerprint density at radius 2 is 2.30 bits per heavy atom. The molecule has 0 fully saturated rings. The van der Waals surface area contributed by atoms with Gasteiger partial charge in [0.25, 0.3) is 0 Å². The van der Waals surface area contributed by atoms with Crippen molar-refractivity contribution < 1.29 is 14.6 Å². The Hall–Kier alpha value is -1.46. The molecule has 20 heavy (non-hydrogen) atoms. The van der Waals surface area contributed by atoms with Crippen molar-refractivity contribution in [2.75, 3.05) is 12.4 Å². The van der Waals surface area contributed by atoms with Crippen LogP contribution in [-0.4, -0.2) is 28.5 Å². The first-order valence-corrected chi connectivity index (χ1v) is 7.47. The van der Waals surface area contributed by atoms with Crippen LogP contribution in [0.4, 0.5) is 5.69 Å². The Labute approximate surface area is 126 Å². The maximum Gasteiger partial charge on any atom is 0.344 e. The van der Waals surface area contributed by atoms with Gasteiger partial charge >= 0.3 is 5.97 Å². The van der Waals surface area contributed by atoms with Gasteiger partial charge in [-0.15, -0.1) is 0 Å². The zero-order valence-corrected chi connectivity index (χ0v) is 12.7. The van der Waals surface area contributed by atoms with E-state index in [1.165, 1.54) is 11.8 Å². The Bertz CT molecular complexity index is 610. The Morgan fingerprint density at radius 1 is 1.55 bits per heavy atom. The van der Waals surface area contributed by atoms with Crippen LogP contribution in [0.2, 0.25) is 5.02 Å². The number of nitrogens with zero attached hydrogens (tertiary/aromatic N) is 1. The second kappa shape index (κ2) is 6.33. The van der Waals surface area contributed by atoms with Crippen LogP contribution in [0.15, 0.2) is 34.5 Å². The molecule has 1 aromatic rings. The minimum absolute atomic E-state index is 0.00637. The third-order valence-corrected chi connectivity index (χ3v) is 4.18. The molecule has 0 saturated heterocycles. The summed E-state index contributed by atoms with van der Waals surface area (Å²) in [4.78, 5) is 16.3. The summed E-state index contributed by atoms with van der Waals surface area (Å²) in [6, 6.07) is 5.39. The lowest BCUT2D eigenvalue weighted by atomic mass is 10.2. The minimum Gasteiger partial charge on any atom is -0.510 e. The largest absolute Gasteiger partial charge is 0.510 e. The molecule has 0 saturated carbocycles. The van der Waals surface area contributed by atoms with Gasteiger partial charge in [0.1, 0.15) is 16.4 Å². The molecule has 0 atom stereocenters. The highest BCUT2D eigenvalue weighted by molar-refractivity contribution is 8.15. The van der Waals surface area contributed by atoms with Gasteiger partial charge in [-0.05, 0) is 31.5 Å². The van der Waals surface area contributed by atoms with E-state index >= 15 is 0 Å². The van der Waals surface area contributed by atoms with Crippen LogP contribution in [0.1, 0.15) is 12.5 Å². The summed E-state index contributed by atoms with van der Waals surface area (Å²) in [5, 5.41) is 10.9. The highest BCUT2D eigenvalue weighted by Gasteiger charge is 2.29. The van der Waals surface area contributed by atoms with E-state index in [0.29, 0.717) is 21.5 Å². The lowest BCUT2D eigenvalue weighted by molar-refractivity contribution is -0.138. The molecule has 0 radical (unpaired) electrons. The SMILES string of the molecule is CCOC(=O)C1=C(O)CSC1=Nc1cccc(Cl)c1C. The zero-order valence-electron chi connectivity index (χ0n) is 11.1. The third kappa shape index (κ3) is 2.99. The molecule has 2 rings (SSSR count). The first-order chi connectivity index (χ1) is 9.54. The summed E-state index contributed by atoms with van der Waals surface area (Å²) in [6.45, 7) is 3.83. The van der Waals surface area contributed by atoms with E-state index in [9.17, 15) is 9.90 Å². The van der Waals surface area contributed by atoms with Crippen LogP contribution in [0.3, 0.4) is 0 Å². The normalized spacial score (nSPS) is 16.9. The van der Waals surface area contributed by atoms with E-state index in [0.717, 1.165) is 5.56 Å². The predicted molar refractivity (Wildman–Crippen MR) is 82.0 cm³/mol. The van der Waals surface area contributed by atoms with E-state index in [4.69, 9.17) is 16.3 Å². The quantitative estimate of drug-likeness (QED) is 0.863. The molecule has 0 spiro atoms. The van der Waals surface area contributed by atoms with Gasteiger partial charge in [0, 0.05) is 5.02 Å². The smallest absolute Gasteiger partial charge is 0.344 e. The van der Waals surface area contributed by atoms with Crippen LogP contribution >= 0.6 is 23.4 Å². The van der Waals surface area contributed by atoms with Crippen LogP contribution in [0, 0.1) is 6.92 Å². The predicted octanol–water partition coefficient (Wildman–Crippen LogP) is 3.80. The van der Waals surface area contributed by atoms with Crippen LogP contribution in [0.5, 0.6) is 0 Å². The molecule has 106 valence electrons. The van der Waals surface area contributed by atoms with E-state index in [1.807, 2.05) is 13.0 Å². The summed E-state index contributed by atoms with van der Waals surface area (Å²) in [7, 11) is 0. The summed E-state index contributed by atoms with van der Waals surface area (Å²) in [5.74, 6) is -0.215. The highest BCUT2D eigenvalue weighted by atomic mass is 35.5. The summed E-state index contributed by atoms with van der Waals surface area (Å²) in [6.07, 6.45) is 0. The van der Waals surface area contributed by atoms with Gasteiger partial charge in [0.15, 0.2) is 0 Å². The second-order valence-electron chi connectivity index (χ2n) is 4.13. The maximum absolute atomic E-state index is 11.8. The van der Waals surface area contributed by atoms with Crippen molar-refractivity contribution in [2.24, 2.45) is 4.99 Å². The number of esters is 1. The van der Waals surface area contributed by atoms with Crippen LogP contribution < -0.4 is 0 Å². The Balaban J connectivity index is 2.39. The standard InChI is InChI=1S/C14H14ClNO3S/c1-3-19-14(18)12-11(17)7-20-13(12)16-10-6-4-5-9(15)8(10)2/h4-6,17H,3,7H2,1-2H3. The highest BCUT2D eigenvalue weighted by Crippen LogP contribution is 2.32. The van der Waals surface area contributed by atoms with Crippen molar-refractivity contribution in [3.05, 3.63) is 40.1 Å². The lowest BCUT2D eigenvalue weighted by Gasteiger charge is -2.06. The molecule has 6 heteroatoms. The van der Waals surface area contributed by atoms with Gasteiger partial charge < -0.3 is 9.84 Å². The second-order valence-corrected chi connectivity index (χ2v) is 5.50. The fourth-order valence-electron chi connectivity index (χ4n) is 1.73. The van der Waals surface area contributed by atoms with Gasteiger partial charge in [0.05, 0.1) is 18.0 Å². The molecule has 1 aliphatic heterocycles. The van der Waals surface area contributed by atoms with Gasteiger partial charge in [-0.2, -0.15) is 0 Å². The van der Waals surface area contributed by atoms with Gasteiger partial charge in [-0.1, -0.05) is 29.4 Å². The molecule has 0 aromatic heterocycles. The van der Waals surface area contributed by atoms with Crippen molar-refractivity contribution in [3.8, 4) is 0 Å². The van der Waals surface area contributed by atoms with E-state index in [-0.39, 0.29) is 17.9 Å². The molecule has 1 heterocycles. The van der Waals surface area contributed by atoms with Gasteiger partial charge in [0.2, 0.25) is 0 Å². The molecular weight excluding hydrogens is 298 g/mol. The number of hydrogen-bond donors (Lipinski definition) is 1. The fourth-order valence-corrected chi connectivity index (χ4v) is 2.82. The van der Waals surface area contributed by atoms with Crippen molar-refractivity contribution in [1.29, 1.82) is 0 Å². The monoisotopic (exact) mass is 311 g/mol. The summed E-state index contributed by atoms with van der Waals surface area (Å²) in [5.41, 5.74) is 1.66. The number of ether oxygens (including phenoxy) is 1. The number of halogens is 1. The number of aliphatic imine (C=N–C) groups is 1. The maximum atomic E-state index is 11.8. The van der Waals surface area contributed by atoms with Gasteiger partial charge in [-0.3, -0.25) is 0 Å². The average Bonchev–Trinajstić information content (AvgIpc) is 2.76. The van der Waals surface area contributed by atoms with Crippen LogP contribution in [-0.2, 0) is 9.53 Å². The molecule has 0 aliphatic carbocycles. The first-order valence-electron chi connectivity index (χ1n) is 6.10. The molecule has 1 aromatic carbocycles. The van der Waals surface area contributed by atoms with E-state index in [1.54, 1.807) is 19.1 Å². The number of aliphatic hydroxyl groups excluding tert-OH is 1. The summed E-state index contributed by atoms with van der Waals surface area (Å²) >= 11 is 7.35. The molecule has 0 bridgehead atoms. The van der Waals surface area contributed by atoms with Crippen molar-refractivity contribution in [1.82, 2.24) is 0 Å². The average molecular weight is 312 g/mol. The Morgan fingerprint density at radius 3 is 3.00 bits per heavy atom. The minimum atomic E-state index is -0.548. The molecule has 1 aliphatic rings. The number of hydrogen-bond acceptors (Lipinski definition) is 5.